The minimum Gasteiger partial charge on any atom is -0.352 e. The van der Waals surface area contributed by atoms with Crippen LogP contribution in [-0.2, 0) is 29.0 Å². The maximum atomic E-state index is 13.7. The Hall–Kier alpha value is -2.82. The van der Waals surface area contributed by atoms with E-state index >= 15 is 0 Å². The molecule has 6 heteroatoms. The monoisotopic (exact) mass is 496 g/mol. The van der Waals surface area contributed by atoms with Crippen LogP contribution in [0.5, 0.6) is 0 Å². The lowest BCUT2D eigenvalue weighted by molar-refractivity contribution is -0.141. The van der Waals surface area contributed by atoms with Gasteiger partial charge in [0.05, 0.1) is 6.42 Å². The maximum absolute atomic E-state index is 13.7. The highest BCUT2D eigenvalue weighted by Crippen LogP contribution is 2.25. The molecular weight excluding hydrogens is 467 g/mol. The summed E-state index contributed by atoms with van der Waals surface area (Å²) in [5, 5.41) is 3.98. The minimum atomic E-state index is -0.701. The van der Waals surface area contributed by atoms with Crippen LogP contribution in [0.25, 0.3) is 0 Å². The molecule has 1 N–H and O–H groups in total. The standard InChI is InChI=1S/C28H30Cl2N2O2/c1-19(2)31-28(34)26(15-21-10-5-4-6-11-21)32(18-23-13-14-24(29)17-25(23)30)27(33)16-22-12-8-7-9-20(22)3/h4-14,17,19,26H,15-16,18H2,1-3H3,(H,31,34)/t26-/m1/s1. The molecule has 0 aliphatic heterocycles. The number of amides is 2. The molecule has 0 unspecified atom stereocenters. The fourth-order valence-electron chi connectivity index (χ4n) is 3.84. The van der Waals surface area contributed by atoms with Gasteiger partial charge < -0.3 is 10.2 Å². The van der Waals surface area contributed by atoms with Crippen molar-refractivity contribution in [3.05, 3.63) is 105 Å². The molecule has 0 aliphatic rings. The molecule has 0 bridgehead atoms. The van der Waals surface area contributed by atoms with E-state index in [9.17, 15) is 9.59 Å². The number of nitrogens with one attached hydrogen (secondary N) is 1. The summed E-state index contributed by atoms with van der Waals surface area (Å²) in [5.74, 6) is -0.331. The van der Waals surface area contributed by atoms with Gasteiger partial charge in [0.25, 0.3) is 0 Å². The van der Waals surface area contributed by atoms with Crippen molar-refractivity contribution in [2.75, 3.05) is 0 Å². The number of carbonyl (C=O) groups excluding carboxylic acids is 2. The van der Waals surface area contributed by atoms with Crippen LogP contribution in [-0.4, -0.2) is 28.8 Å². The number of nitrogens with zero attached hydrogens (tertiary/aromatic N) is 1. The molecule has 3 aromatic carbocycles. The average molecular weight is 497 g/mol. The summed E-state index contributed by atoms with van der Waals surface area (Å²) in [7, 11) is 0. The fraction of sp³-hybridized carbons (Fsp3) is 0.286. The van der Waals surface area contributed by atoms with Crippen LogP contribution in [0.4, 0.5) is 0 Å². The van der Waals surface area contributed by atoms with Crippen molar-refractivity contribution < 1.29 is 9.59 Å². The predicted octanol–water partition coefficient (Wildman–Crippen LogP) is 6.01. The van der Waals surface area contributed by atoms with E-state index in [1.807, 2.05) is 75.4 Å². The van der Waals surface area contributed by atoms with Gasteiger partial charge in [-0.05, 0) is 55.2 Å². The van der Waals surface area contributed by atoms with Gasteiger partial charge in [-0.1, -0.05) is 83.9 Å². The van der Waals surface area contributed by atoms with Crippen LogP contribution in [0.2, 0.25) is 10.0 Å². The van der Waals surface area contributed by atoms with Crippen LogP contribution in [0.3, 0.4) is 0 Å². The van der Waals surface area contributed by atoms with Gasteiger partial charge in [-0.2, -0.15) is 0 Å². The number of aryl methyl sites for hydroxylation is 1. The average Bonchev–Trinajstić information content (AvgIpc) is 2.79. The summed E-state index contributed by atoms with van der Waals surface area (Å²) in [6.07, 6.45) is 0.586. The topological polar surface area (TPSA) is 49.4 Å². The van der Waals surface area contributed by atoms with Crippen molar-refractivity contribution in [1.82, 2.24) is 10.2 Å². The molecule has 0 saturated carbocycles. The molecule has 0 radical (unpaired) electrons. The third-order valence-electron chi connectivity index (χ3n) is 5.66. The molecule has 2 amide bonds. The number of rotatable bonds is 9. The highest BCUT2D eigenvalue weighted by Gasteiger charge is 2.31. The first kappa shape index (κ1) is 25.8. The van der Waals surface area contributed by atoms with Crippen molar-refractivity contribution in [1.29, 1.82) is 0 Å². The highest BCUT2D eigenvalue weighted by molar-refractivity contribution is 6.35. The zero-order chi connectivity index (χ0) is 24.7. The number of hydrogen-bond acceptors (Lipinski definition) is 2. The van der Waals surface area contributed by atoms with Gasteiger partial charge in [-0.3, -0.25) is 9.59 Å². The third kappa shape index (κ3) is 7.09. The Morgan fingerprint density at radius 2 is 1.59 bits per heavy atom. The van der Waals surface area contributed by atoms with Crippen molar-refractivity contribution in [3.63, 3.8) is 0 Å². The first-order chi connectivity index (χ1) is 16.2. The molecular formula is C28H30Cl2N2O2. The highest BCUT2D eigenvalue weighted by atomic mass is 35.5. The smallest absolute Gasteiger partial charge is 0.243 e. The zero-order valence-corrected chi connectivity index (χ0v) is 21.2. The molecule has 3 rings (SSSR count). The van der Waals surface area contributed by atoms with Crippen LogP contribution >= 0.6 is 23.2 Å². The van der Waals surface area contributed by atoms with E-state index in [1.54, 1.807) is 23.1 Å². The predicted molar refractivity (Wildman–Crippen MR) is 139 cm³/mol. The first-order valence-electron chi connectivity index (χ1n) is 11.4. The van der Waals surface area contributed by atoms with Gasteiger partial charge in [0.2, 0.25) is 11.8 Å². The molecule has 0 aliphatic carbocycles. The van der Waals surface area contributed by atoms with E-state index in [4.69, 9.17) is 23.2 Å². The van der Waals surface area contributed by atoms with Crippen molar-refractivity contribution in [2.45, 2.75) is 52.2 Å². The van der Waals surface area contributed by atoms with Gasteiger partial charge in [-0.15, -0.1) is 0 Å². The van der Waals surface area contributed by atoms with Crippen LogP contribution in [0, 0.1) is 6.92 Å². The van der Waals surface area contributed by atoms with E-state index in [0.717, 1.165) is 22.3 Å². The lowest BCUT2D eigenvalue weighted by atomic mass is 10.00. The molecule has 4 nitrogen and oxygen atoms in total. The molecule has 0 aromatic heterocycles. The minimum absolute atomic E-state index is 0.0572. The normalized spacial score (nSPS) is 11.8. The second-order valence-corrected chi connectivity index (χ2v) is 9.57. The van der Waals surface area contributed by atoms with Crippen molar-refractivity contribution in [3.8, 4) is 0 Å². The first-order valence-corrected chi connectivity index (χ1v) is 12.1. The van der Waals surface area contributed by atoms with Crippen LogP contribution in [0.15, 0.2) is 72.8 Å². The summed E-state index contributed by atoms with van der Waals surface area (Å²) in [5.41, 5.74) is 3.68. The number of benzene rings is 3. The van der Waals surface area contributed by atoms with E-state index in [2.05, 4.69) is 5.32 Å². The second-order valence-electron chi connectivity index (χ2n) is 8.73. The molecule has 34 heavy (non-hydrogen) atoms. The molecule has 0 heterocycles. The molecule has 3 aromatic rings. The maximum Gasteiger partial charge on any atom is 0.243 e. The largest absolute Gasteiger partial charge is 0.352 e. The van der Waals surface area contributed by atoms with E-state index < -0.39 is 6.04 Å². The van der Waals surface area contributed by atoms with Gasteiger partial charge in [0.1, 0.15) is 6.04 Å². The lowest BCUT2D eigenvalue weighted by Crippen LogP contribution is -2.52. The number of halogens is 2. The number of hydrogen-bond donors (Lipinski definition) is 1. The second kappa shape index (κ2) is 12.0. The van der Waals surface area contributed by atoms with E-state index in [0.29, 0.717) is 16.5 Å². The molecule has 0 spiro atoms. The molecule has 178 valence electrons. The summed E-state index contributed by atoms with van der Waals surface area (Å²) in [4.78, 5) is 28.8. The van der Waals surface area contributed by atoms with Crippen molar-refractivity contribution in [2.24, 2.45) is 0 Å². The van der Waals surface area contributed by atoms with E-state index in [-0.39, 0.29) is 30.8 Å². The summed E-state index contributed by atoms with van der Waals surface area (Å²) >= 11 is 12.6. The zero-order valence-electron chi connectivity index (χ0n) is 19.7. The summed E-state index contributed by atoms with van der Waals surface area (Å²) < 4.78 is 0. The molecule has 1 atom stereocenters. The Morgan fingerprint density at radius 1 is 0.912 bits per heavy atom. The Balaban J connectivity index is 2.01. The Morgan fingerprint density at radius 3 is 2.24 bits per heavy atom. The number of carbonyl (C=O) groups is 2. The summed E-state index contributed by atoms with van der Waals surface area (Å²) in [6, 6.07) is 22.0. The Bertz CT molecular complexity index is 1130. The molecule has 0 saturated heterocycles. The van der Waals surface area contributed by atoms with Gasteiger partial charge >= 0.3 is 0 Å². The van der Waals surface area contributed by atoms with Gasteiger partial charge in [-0.25, -0.2) is 0 Å². The van der Waals surface area contributed by atoms with Crippen molar-refractivity contribution >= 4 is 35.0 Å². The van der Waals surface area contributed by atoms with Crippen LogP contribution in [0.1, 0.15) is 36.1 Å². The van der Waals surface area contributed by atoms with Gasteiger partial charge in [0, 0.05) is 29.1 Å². The fourth-order valence-corrected chi connectivity index (χ4v) is 4.31. The summed E-state index contributed by atoms with van der Waals surface area (Å²) in [6.45, 7) is 6.00. The van der Waals surface area contributed by atoms with E-state index in [1.165, 1.54) is 0 Å². The molecule has 0 fully saturated rings. The quantitative estimate of drug-likeness (QED) is 0.394. The Labute approximate surface area is 211 Å². The van der Waals surface area contributed by atoms with Gasteiger partial charge in [0.15, 0.2) is 0 Å². The SMILES string of the molecule is Cc1ccccc1CC(=O)N(Cc1ccc(Cl)cc1Cl)[C@H](Cc1ccccc1)C(=O)NC(C)C. The third-order valence-corrected chi connectivity index (χ3v) is 6.25. The lowest BCUT2D eigenvalue weighted by Gasteiger charge is -2.32. The van der Waals surface area contributed by atoms with Crippen LogP contribution < -0.4 is 5.32 Å². The Kier molecular flexibility index (Phi) is 9.14.